The zero-order chi connectivity index (χ0) is 19.4. The van der Waals surface area contributed by atoms with Gasteiger partial charge in [0, 0.05) is 38.8 Å². The van der Waals surface area contributed by atoms with Crippen LogP contribution in [0.4, 0.5) is 0 Å². The van der Waals surface area contributed by atoms with Crippen molar-refractivity contribution in [1.82, 2.24) is 10.6 Å². The van der Waals surface area contributed by atoms with E-state index < -0.39 is 0 Å². The molecule has 0 aromatic heterocycles. The highest BCUT2D eigenvalue weighted by atomic mass is 127. The van der Waals surface area contributed by atoms with E-state index in [1.54, 1.807) is 0 Å². The normalized spacial score (nSPS) is 16.2. The van der Waals surface area contributed by atoms with Gasteiger partial charge in [0.25, 0.3) is 0 Å². The van der Waals surface area contributed by atoms with Crippen molar-refractivity contribution in [1.29, 1.82) is 0 Å². The van der Waals surface area contributed by atoms with Crippen LogP contribution in [-0.2, 0) is 10.2 Å². The summed E-state index contributed by atoms with van der Waals surface area (Å²) in [7, 11) is 1.84. The highest BCUT2D eigenvalue weighted by molar-refractivity contribution is 14.0. The molecule has 7 heteroatoms. The molecule has 1 aromatic rings. The van der Waals surface area contributed by atoms with Crippen molar-refractivity contribution >= 4 is 41.7 Å². The molecule has 1 heterocycles. The van der Waals surface area contributed by atoms with Gasteiger partial charge in [-0.25, -0.2) is 0 Å². The van der Waals surface area contributed by atoms with Crippen LogP contribution in [0.1, 0.15) is 38.2 Å². The summed E-state index contributed by atoms with van der Waals surface area (Å²) in [6.45, 7) is 6.12. The number of halogens is 1. The van der Waals surface area contributed by atoms with Crippen molar-refractivity contribution in [3.63, 3.8) is 0 Å². The molecule has 0 saturated carbocycles. The summed E-state index contributed by atoms with van der Waals surface area (Å²) in [5.41, 5.74) is 1.41. The predicted octanol–water partition coefficient (Wildman–Crippen LogP) is 4.06. The van der Waals surface area contributed by atoms with E-state index in [9.17, 15) is 0 Å². The molecule has 1 aliphatic rings. The number of thioether (sulfide) groups is 1. The van der Waals surface area contributed by atoms with Crippen LogP contribution in [-0.4, -0.2) is 57.9 Å². The number of benzene rings is 1. The van der Waals surface area contributed by atoms with Crippen LogP contribution in [0.5, 0.6) is 5.75 Å². The Morgan fingerprint density at radius 3 is 2.50 bits per heavy atom. The Labute approximate surface area is 191 Å². The van der Waals surface area contributed by atoms with Crippen molar-refractivity contribution in [2.45, 2.75) is 38.0 Å². The molecule has 5 nitrogen and oxygen atoms in total. The third kappa shape index (κ3) is 7.99. The van der Waals surface area contributed by atoms with E-state index in [1.165, 1.54) is 24.2 Å². The van der Waals surface area contributed by atoms with Gasteiger partial charge in [-0.05, 0) is 62.3 Å². The monoisotopic (exact) mass is 521 g/mol. The molecule has 0 bridgehead atoms. The fourth-order valence-electron chi connectivity index (χ4n) is 3.45. The number of rotatable bonds is 10. The number of hydrogen-bond acceptors (Lipinski definition) is 4. The van der Waals surface area contributed by atoms with E-state index in [1.807, 2.05) is 25.7 Å². The third-order valence-electron chi connectivity index (χ3n) is 5.11. The summed E-state index contributed by atoms with van der Waals surface area (Å²) in [6, 6.07) is 8.57. The lowest BCUT2D eigenvalue weighted by Crippen LogP contribution is -2.48. The average Bonchev–Trinajstić information content (AvgIpc) is 2.71. The first-order valence-electron chi connectivity index (χ1n) is 9.98. The molecule has 28 heavy (non-hydrogen) atoms. The molecular weight excluding hydrogens is 485 g/mol. The van der Waals surface area contributed by atoms with Crippen LogP contribution in [0.25, 0.3) is 0 Å². The van der Waals surface area contributed by atoms with Crippen molar-refractivity contribution in [3.05, 3.63) is 29.8 Å². The second kappa shape index (κ2) is 14.3. The summed E-state index contributed by atoms with van der Waals surface area (Å²) >= 11 is 1.90. The number of nitrogens with zero attached hydrogens (tertiary/aromatic N) is 1. The van der Waals surface area contributed by atoms with Gasteiger partial charge in [-0.2, -0.15) is 11.8 Å². The minimum atomic E-state index is 0. The highest BCUT2D eigenvalue weighted by Gasteiger charge is 2.34. The fraction of sp³-hybridized carbons (Fsp3) is 0.667. The SMILES string of the molecule is CCOc1ccc(C2(CNC(=NC)NCCCCSC)CCOCC2)cc1.I. The molecular formula is C21H36IN3O2S. The number of guanidine groups is 1. The molecule has 0 unspecified atom stereocenters. The molecule has 160 valence electrons. The number of aliphatic imine (C=N–C) groups is 1. The lowest BCUT2D eigenvalue weighted by Gasteiger charge is -2.38. The first-order valence-corrected chi connectivity index (χ1v) is 11.4. The quantitative estimate of drug-likeness (QED) is 0.211. The number of ether oxygens (including phenoxy) is 2. The lowest BCUT2D eigenvalue weighted by atomic mass is 9.74. The Kier molecular flexibility index (Phi) is 13.0. The largest absolute Gasteiger partial charge is 0.494 e. The highest BCUT2D eigenvalue weighted by Crippen LogP contribution is 2.35. The maximum absolute atomic E-state index is 5.64. The molecule has 1 saturated heterocycles. The maximum atomic E-state index is 5.64. The fourth-order valence-corrected chi connectivity index (χ4v) is 3.95. The first kappa shape index (κ1) is 25.4. The van der Waals surface area contributed by atoms with Gasteiger partial charge in [-0.1, -0.05) is 12.1 Å². The zero-order valence-corrected chi connectivity index (χ0v) is 20.6. The van der Waals surface area contributed by atoms with Crippen LogP contribution >= 0.6 is 35.7 Å². The van der Waals surface area contributed by atoms with Crippen molar-refractivity contribution in [2.24, 2.45) is 4.99 Å². The van der Waals surface area contributed by atoms with Crippen molar-refractivity contribution in [2.75, 3.05) is 52.0 Å². The Bertz CT molecular complexity index is 563. The molecule has 0 aliphatic carbocycles. The Morgan fingerprint density at radius 1 is 1.18 bits per heavy atom. The molecule has 2 rings (SSSR count). The standard InChI is InChI=1S/C21H35N3O2S.HI/c1-4-26-19-9-7-18(8-10-19)21(11-14-25-15-12-21)17-24-20(22-2)23-13-5-6-16-27-3;/h7-10H,4-6,11-17H2,1-3H3,(H2,22,23,24);1H. The molecule has 0 spiro atoms. The van der Waals surface area contributed by atoms with Crippen LogP contribution < -0.4 is 15.4 Å². The number of unbranched alkanes of at least 4 members (excludes halogenated alkanes) is 1. The summed E-state index contributed by atoms with van der Waals surface area (Å²) in [5, 5.41) is 7.00. The van der Waals surface area contributed by atoms with E-state index in [-0.39, 0.29) is 29.4 Å². The van der Waals surface area contributed by atoms with Gasteiger partial charge in [0.05, 0.1) is 6.61 Å². The smallest absolute Gasteiger partial charge is 0.191 e. The van der Waals surface area contributed by atoms with Gasteiger partial charge >= 0.3 is 0 Å². The Hall–Kier alpha value is -0.670. The summed E-state index contributed by atoms with van der Waals surface area (Å²) in [5.74, 6) is 3.03. The molecule has 1 aliphatic heterocycles. The molecule has 1 fully saturated rings. The second-order valence-electron chi connectivity index (χ2n) is 6.90. The van der Waals surface area contributed by atoms with E-state index in [4.69, 9.17) is 9.47 Å². The third-order valence-corrected chi connectivity index (χ3v) is 5.81. The van der Waals surface area contributed by atoms with Crippen molar-refractivity contribution < 1.29 is 9.47 Å². The minimum Gasteiger partial charge on any atom is -0.494 e. The van der Waals surface area contributed by atoms with Gasteiger partial charge < -0.3 is 20.1 Å². The summed E-state index contributed by atoms with van der Waals surface area (Å²) < 4.78 is 11.2. The van der Waals surface area contributed by atoms with Gasteiger partial charge in [-0.3, -0.25) is 4.99 Å². The van der Waals surface area contributed by atoms with Gasteiger partial charge in [0.15, 0.2) is 5.96 Å². The number of nitrogens with one attached hydrogen (secondary N) is 2. The van der Waals surface area contributed by atoms with E-state index in [0.29, 0.717) is 6.61 Å². The first-order chi connectivity index (χ1) is 13.2. The van der Waals surface area contributed by atoms with Gasteiger partial charge in [-0.15, -0.1) is 24.0 Å². The van der Waals surface area contributed by atoms with Crippen LogP contribution in [0.15, 0.2) is 29.3 Å². The van der Waals surface area contributed by atoms with Gasteiger partial charge in [0.1, 0.15) is 5.75 Å². The lowest BCUT2D eigenvalue weighted by molar-refractivity contribution is 0.0513. The van der Waals surface area contributed by atoms with Gasteiger partial charge in [0.2, 0.25) is 0 Å². The minimum absolute atomic E-state index is 0. The average molecular weight is 522 g/mol. The molecule has 0 amide bonds. The molecule has 0 radical (unpaired) electrons. The zero-order valence-electron chi connectivity index (χ0n) is 17.5. The summed E-state index contributed by atoms with van der Waals surface area (Å²) in [4.78, 5) is 4.39. The van der Waals surface area contributed by atoms with Crippen molar-refractivity contribution in [3.8, 4) is 5.75 Å². The predicted molar refractivity (Wildman–Crippen MR) is 132 cm³/mol. The number of hydrogen-bond donors (Lipinski definition) is 2. The Balaban J connectivity index is 0.00000392. The maximum Gasteiger partial charge on any atom is 0.191 e. The summed E-state index contributed by atoms with van der Waals surface area (Å²) in [6.07, 6.45) is 6.58. The van der Waals surface area contributed by atoms with E-state index in [2.05, 4.69) is 46.1 Å². The molecule has 1 aromatic carbocycles. The van der Waals surface area contributed by atoms with E-state index in [0.717, 1.165) is 50.9 Å². The second-order valence-corrected chi connectivity index (χ2v) is 7.89. The topological polar surface area (TPSA) is 54.9 Å². The van der Waals surface area contributed by atoms with Crippen LogP contribution in [0, 0.1) is 0 Å². The van der Waals surface area contributed by atoms with Crippen LogP contribution in [0.3, 0.4) is 0 Å². The Morgan fingerprint density at radius 2 is 1.89 bits per heavy atom. The van der Waals surface area contributed by atoms with Crippen LogP contribution in [0.2, 0.25) is 0 Å². The molecule has 0 atom stereocenters. The van der Waals surface area contributed by atoms with E-state index >= 15 is 0 Å². The molecule has 2 N–H and O–H groups in total.